The Labute approximate surface area is 395 Å². The van der Waals surface area contributed by atoms with Crippen LogP contribution >= 0.6 is 22.7 Å². The number of carboxylic acids is 1. The van der Waals surface area contributed by atoms with Crippen molar-refractivity contribution < 1.29 is 19.4 Å². The third-order valence-corrected chi connectivity index (χ3v) is 13.7. The molecule has 0 unspecified atom stereocenters. The van der Waals surface area contributed by atoms with Crippen LogP contribution in [-0.4, -0.2) is 34.3 Å². The van der Waals surface area contributed by atoms with E-state index >= 15 is 0 Å². The summed E-state index contributed by atoms with van der Waals surface area (Å²) >= 11 is 3.02. The summed E-state index contributed by atoms with van der Waals surface area (Å²) in [4.78, 5) is 28.3. The van der Waals surface area contributed by atoms with Crippen LogP contribution in [0, 0.1) is 11.3 Å². The number of hydrogen-bond acceptors (Lipinski definition) is 9. The number of aromatic nitrogens is 2. The van der Waals surface area contributed by atoms with Gasteiger partial charge in [-0.25, -0.2) is 14.8 Å². The van der Waals surface area contributed by atoms with Gasteiger partial charge in [0.05, 0.1) is 34.4 Å². The van der Waals surface area contributed by atoms with E-state index < -0.39 is 5.97 Å². The average molecular weight is 909 g/mol. The number of unbranched alkanes of at least 4 members (excludes halogenated alkanes) is 6. The topological polar surface area (TPSA) is 109 Å². The summed E-state index contributed by atoms with van der Waals surface area (Å²) in [7, 11) is 0. The lowest BCUT2D eigenvalue weighted by molar-refractivity contribution is -0.132. The number of hydrogen-bond donors (Lipinski definition) is 1. The molecule has 3 aromatic heterocycles. The fraction of sp³-hybridized carbons (Fsp3) is 0.214. The Balaban J connectivity index is 1.20. The largest absolute Gasteiger partial charge is 0.494 e. The summed E-state index contributed by atoms with van der Waals surface area (Å²) in [6.45, 7) is 5.83. The molecule has 8 aromatic rings. The number of carbonyl (C=O) groups is 1. The number of ether oxygens (including phenoxy) is 2. The first kappa shape index (κ1) is 45.5. The van der Waals surface area contributed by atoms with Crippen LogP contribution in [0.4, 0.5) is 17.1 Å². The SMILES string of the molecule is CCCCCCOc1ccc(N(c2ccc(OCCCCCC)cc2)c2ccc(-c3sc(-c4ccc(/C=C(/C#N)C(=O)O)s4)c4nc(-c5ccccc5)c(-c5ccccc5)nc34)cc2)cc1. The van der Waals surface area contributed by atoms with Crippen molar-refractivity contribution in [2.75, 3.05) is 18.1 Å². The molecule has 8 rings (SSSR count). The zero-order chi connectivity index (χ0) is 45.7. The molecule has 8 nitrogen and oxygen atoms in total. The molecule has 0 bridgehead atoms. The fourth-order valence-corrected chi connectivity index (χ4v) is 10.0. The van der Waals surface area contributed by atoms with Crippen LogP contribution in [0.15, 0.2) is 151 Å². The molecule has 0 saturated carbocycles. The second-order valence-corrected chi connectivity index (χ2v) is 18.1. The van der Waals surface area contributed by atoms with Gasteiger partial charge in [-0.05, 0) is 97.3 Å². The first-order chi connectivity index (χ1) is 32.4. The summed E-state index contributed by atoms with van der Waals surface area (Å²) in [6.07, 6.45) is 10.6. The van der Waals surface area contributed by atoms with E-state index in [1.54, 1.807) is 17.4 Å². The predicted octanol–water partition coefficient (Wildman–Crippen LogP) is 15.8. The maximum atomic E-state index is 11.7. The van der Waals surface area contributed by atoms with E-state index in [-0.39, 0.29) is 5.57 Å². The zero-order valence-corrected chi connectivity index (χ0v) is 38.9. The van der Waals surface area contributed by atoms with Crippen molar-refractivity contribution in [3.8, 4) is 60.3 Å². The molecule has 332 valence electrons. The quantitative estimate of drug-likeness (QED) is 0.0431. The number of rotatable bonds is 21. The number of fused-ring (bicyclic) bond motifs is 1. The van der Waals surface area contributed by atoms with Crippen LogP contribution in [-0.2, 0) is 4.79 Å². The van der Waals surface area contributed by atoms with Gasteiger partial charge in [0.15, 0.2) is 0 Å². The van der Waals surface area contributed by atoms with Crippen LogP contribution in [0.2, 0.25) is 0 Å². The molecule has 0 aliphatic rings. The van der Waals surface area contributed by atoms with Gasteiger partial charge in [-0.2, -0.15) is 5.26 Å². The van der Waals surface area contributed by atoms with Crippen molar-refractivity contribution in [2.24, 2.45) is 0 Å². The molecule has 0 aliphatic carbocycles. The fourth-order valence-electron chi connectivity index (χ4n) is 7.77. The van der Waals surface area contributed by atoms with Crippen molar-refractivity contribution in [1.82, 2.24) is 9.97 Å². The number of anilines is 3. The highest BCUT2D eigenvalue weighted by Crippen LogP contribution is 2.47. The summed E-state index contributed by atoms with van der Waals surface area (Å²) in [5, 5.41) is 19.1. The van der Waals surface area contributed by atoms with Gasteiger partial charge in [0.25, 0.3) is 0 Å². The highest BCUT2D eigenvalue weighted by atomic mass is 32.1. The summed E-state index contributed by atoms with van der Waals surface area (Å²) in [5.41, 5.74) is 8.58. The molecule has 0 spiro atoms. The van der Waals surface area contributed by atoms with E-state index in [0.29, 0.717) is 18.1 Å². The van der Waals surface area contributed by atoms with Gasteiger partial charge in [0.1, 0.15) is 34.2 Å². The van der Waals surface area contributed by atoms with Crippen LogP contribution in [0.5, 0.6) is 11.5 Å². The number of nitriles is 1. The van der Waals surface area contributed by atoms with Gasteiger partial charge >= 0.3 is 5.97 Å². The Bertz CT molecular complexity index is 2860. The summed E-state index contributed by atoms with van der Waals surface area (Å²) in [6, 6.07) is 51.0. The first-order valence-electron chi connectivity index (χ1n) is 22.7. The van der Waals surface area contributed by atoms with Crippen molar-refractivity contribution in [1.29, 1.82) is 5.26 Å². The van der Waals surface area contributed by atoms with Gasteiger partial charge < -0.3 is 19.5 Å². The molecule has 3 heterocycles. The Kier molecular flexibility index (Phi) is 15.3. The lowest BCUT2D eigenvalue weighted by Gasteiger charge is -2.26. The smallest absolute Gasteiger partial charge is 0.346 e. The minimum atomic E-state index is -1.26. The molecule has 0 amide bonds. The van der Waals surface area contributed by atoms with E-state index in [2.05, 4.69) is 79.4 Å². The Hall–Kier alpha value is -7.06. The zero-order valence-electron chi connectivity index (χ0n) is 37.3. The molecule has 0 aliphatic heterocycles. The van der Waals surface area contributed by atoms with Crippen LogP contribution < -0.4 is 14.4 Å². The van der Waals surface area contributed by atoms with Gasteiger partial charge in [-0.1, -0.05) is 125 Å². The summed E-state index contributed by atoms with van der Waals surface area (Å²) < 4.78 is 12.3. The minimum absolute atomic E-state index is 0.322. The van der Waals surface area contributed by atoms with E-state index in [4.69, 9.17) is 19.4 Å². The predicted molar refractivity (Wildman–Crippen MR) is 272 cm³/mol. The van der Waals surface area contributed by atoms with E-state index in [9.17, 15) is 15.2 Å². The van der Waals surface area contributed by atoms with Gasteiger partial charge in [0, 0.05) is 37.9 Å². The number of aliphatic carboxylic acids is 1. The highest BCUT2D eigenvalue weighted by Gasteiger charge is 2.23. The second kappa shape index (κ2) is 22.2. The maximum absolute atomic E-state index is 11.7. The standard InChI is InChI=1S/C56H52N4O4S2/c1-3-5-7-15-35-63-46-29-25-44(26-30-46)60(45-27-31-47(32-28-45)64-36-16-8-6-4-2)43-23-21-41(22-24-43)54-52-53(55(66-54)49-34-33-48(65-49)37-42(38-57)56(61)62)59-51(40-19-13-10-14-20-40)50(58-52)39-17-11-9-12-18-39/h9-14,17-34,37H,3-8,15-16,35-36H2,1-2H3,(H,61,62)/b42-37-. The molecule has 0 atom stereocenters. The molecule has 10 heteroatoms. The maximum Gasteiger partial charge on any atom is 0.346 e. The number of carboxylic acid groups (broad SMARTS) is 1. The lowest BCUT2D eigenvalue weighted by Crippen LogP contribution is -2.10. The summed E-state index contributed by atoms with van der Waals surface area (Å²) in [5.74, 6) is 0.444. The Morgan fingerprint density at radius 3 is 1.55 bits per heavy atom. The Morgan fingerprint density at radius 2 is 1.08 bits per heavy atom. The van der Waals surface area contributed by atoms with Crippen molar-refractivity contribution in [3.05, 3.63) is 156 Å². The molecule has 0 radical (unpaired) electrons. The van der Waals surface area contributed by atoms with Crippen molar-refractivity contribution in [2.45, 2.75) is 65.2 Å². The van der Waals surface area contributed by atoms with Crippen molar-refractivity contribution >= 4 is 62.8 Å². The number of thiophene rings is 2. The van der Waals surface area contributed by atoms with E-state index in [0.717, 1.165) is 95.1 Å². The molecule has 0 saturated heterocycles. The van der Waals surface area contributed by atoms with Gasteiger partial charge in [-0.15, -0.1) is 22.7 Å². The molecular weight excluding hydrogens is 857 g/mol. The minimum Gasteiger partial charge on any atom is -0.494 e. The monoisotopic (exact) mass is 908 g/mol. The van der Waals surface area contributed by atoms with Gasteiger partial charge in [0.2, 0.25) is 0 Å². The van der Waals surface area contributed by atoms with E-state index in [1.165, 1.54) is 55.9 Å². The Morgan fingerprint density at radius 1 is 0.591 bits per heavy atom. The van der Waals surface area contributed by atoms with E-state index in [1.807, 2.05) is 84.9 Å². The molecule has 1 N–H and O–H groups in total. The molecule has 66 heavy (non-hydrogen) atoms. The third kappa shape index (κ3) is 10.9. The highest BCUT2D eigenvalue weighted by molar-refractivity contribution is 7.25. The second-order valence-electron chi connectivity index (χ2n) is 16.0. The van der Waals surface area contributed by atoms with Crippen molar-refractivity contribution in [3.63, 3.8) is 0 Å². The lowest BCUT2D eigenvalue weighted by atomic mass is 10.0. The molecule has 0 fully saturated rings. The van der Waals surface area contributed by atoms with Crippen LogP contribution in [0.3, 0.4) is 0 Å². The number of nitrogens with zero attached hydrogens (tertiary/aromatic N) is 4. The number of benzene rings is 5. The third-order valence-electron chi connectivity index (χ3n) is 11.2. The normalized spacial score (nSPS) is 11.4. The molecule has 5 aromatic carbocycles. The first-order valence-corrected chi connectivity index (χ1v) is 24.3. The van der Waals surface area contributed by atoms with Crippen LogP contribution in [0.25, 0.3) is 59.8 Å². The molecular formula is C56H52N4O4S2. The van der Waals surface area contributed by atoms with Crippen LogP contribution in [0.1, 0.15) is 70.1 Å². The average Bonchev–Trinajstić information content (AvgIpc) is 3.99. The van der Waals surface area contributed by atoms with Gasteiger partial charge in [-0.3, -0.25) is 0 Å².